The van der Waals surface area contributed by atoms with Gasteiger partial charge in [-0.25, -0.2) is 4.98 Å². The van der Waals surface area contributed by atoms with Gasteiger partial charge in [0.25, 0.3) is 5.91 Å². The van der Waals surface area contributed by atoms with Crippen molar-refractivity contribution in [2.45, 2.75) is 12.8 Å². The Labute approximate surface area is 138 Å². The first-order chi connectivity index (χ1) is 11.6. The Morgan fingerprint density at radius 3 is 2.79 bits per heavy atom. The molecule has 3 aromatic heterocycles. The third kappa shape index (κ3) is 2.46. The fraction of sp³-hybridized carbons (Fsp3) is 0.167. The molecule has 1 amide bonds. The van der Waals surface area contributed by atoms with Crippen molar-refractivity contribution in [3.63, 3.8) is 0 Å². The van der Waals surface area contributed by atoms with Gasteiger partial charge >= 0.3 is 0 Å². The SMILES string of the molecule is CC1CNC(=O)c2cc(-c3ccnc(-c4ccc(F)nc4)c3)[nH]c21. The second kappa shape index (κ2) is 5.56. The van der Waals surface area contributed by atoms with E-state index in [9.17, 15) is 9.18 Å². The number of amides is 1. The third-order valence-corrected chi connectivity index (χ3v) is 4.25. The van der Waals surface area contributed by atoms with Crippen molar-refractivity contribution in [2.24, 2.45) is 0 Å². The summed E-state index contributed by atoms with van der Waals surface area (Å²) >= 11 is 0. The molecular weight excluding hydrogens is 307 g/mol. The molecule has 1 aliphatic heterocycles. The van der Waals surface area contributed by atoms with Gasteiger partial charge in [0, 0.05) is 47.4 Å². The summed E-state index contributed by atoms with van der Waals surface area (Å²) in [4.78, 5) is 23.3. The van der Waals surface area contributed by atoms with Gasteiger partial charge in [-0.15, -0.1) is 0 Å². The van der Waals surface area contributed by atoms with E-state index in [1.165, 1.54) is 12.3 Å². The highest BCUT2D eigenvalue weighted by atomic mass is 19.1. The van der Waals surface area contributed by atoms with E-state index in [-0.39, 0.29) is 11.8 Å². The number of nitrogens with zero attached hydrogens (tertiary/aromatic N) is 2. The summed E-state index contributed by atoms with van der Waals surface area (Å²) < 4.78 is 13.0. The minimum atomic E-state index is -0.521. The highest BCUT2D eigenvalue weighted by Gasteiger charge is 2.25. The van der Waals surface area contributed by atoms with Crippen LogP contribution in [0.4, 0.5) is 4.39 Å². The first-order valence-corrected chi connectivity index (χ1v) is 7.71. The molecule has 0 saturated heterocycles. The number of carbonyl (C=O) groups excluding carboxylic acids is 1. The molecule has 4 rings (SSSR count). The summed E-state index contributed by atoms with van der Waals surface area (Å²) in [5.41, 5.74) is 4.85. The molecule has 4 heterocycles. The normalized spacial score (nSPS) is 16.6. The van der Waals surface area contributed by atoms with Gasteiger partial charge in [-0.05, 0) is 30.3 Å². The molecule has 24 heavy (non-hydrogen) atoms. The number of hydrogen-bond donors (Lipinski definition) is 2. The highest BCUT2D eigenvalue weighted by Crippen LogP contribution is 2.30. The summed E-state index contributed by atoms with van der Waals surface area (Å²) in [6.07, 6.45) is 3.15. The van der Waals surface area contributed by atoms with E-state index < -0.39 is 5.95 Å². The van der Waals surface area contributed by atoms with Gasteiger partial charge < -0.3 is 10.3 Å². The predicted molar refractivity (Wildman–Crippen MR) is 88.0 cm³/mol. The van der Waals surface area contributed by atoms with E-state index in [2.05, 4.69) is 27.2 Å². The fourth-order valence-corrected chi connectivity index (χ4v) is 2.93. The molecule has 0 saturated carbocycles. The Morgan fingerprint density at radius 1 is 1.17 bits per heavy atom. The smallest absolute Gasteiger partial charge is 0.253 e. The quantitative estimate of drug-likeness (QED) is 0.712. The largest absolute Gasteiger partial charge is 0.357 e. The lowest BCUT2D eigenvalue weighted by Crippen LogP contribution is -2.33. The zero-order chi connectivity index (χ0) is 16.7. The van der Waals surface area contributed by atoms with Crippen LogP contribution in [-0.2, 0) is 0 Å². The van der Waals surface area contributed by atoms with Crippen molar-refractivity contribution in [3.8, 4) is 22.5 Å². The van der Waals surface area contributed by atoms with Crippen LogP contribution in [0.5, 0.6) is 0 Å². The first kappa shape index (κ1) is 14.6. The molecule has 0 spiro atoms. The Bertz CT molecular complexity index is 917. The van der Waals surface area contributed by atoms with Gasteiger partial charge in [-0.3, -0.25) is 9.78 Å². The number of hydrogen-bond acceptors (Lipinski definition) is 3. The van der Waals surface area contributed by atoms with Crippen molar-refractivity contribution in [1.82, 2.24) is 20.3 Å². The van der Waals surface area contributed by atoms with E-state index >= 15 is 0 Å². The molecule has 3 aromatic rings. The zero-order valence-electron chi connectivity index (χ0n) is 13.0. The van der Waals surface area contributed by atoms with Crippen molar-refractivity contribution in [3.05, 3.63) is 59.9 Å². The number of aromatic amines is 1. The number of carbonyl (C=O) groups is 1. The van der Waals surface area contributed by atoms with E-state index in [4.69, 9.17) is 0 Å². The molecule has 120 valence electrons. The van der Waals surface area contributed by atoms with Gasteiger partial charge in [0.05, 0.1) is 11.3 Å². The lowest BCUT2D eigenvalue weighted by atomic mass is 9.99. The van der Waals surface area contributed by atoms with Crippen LogP contribution in [0.25, 0.3) is 22.5 Å². The van der Waals surface area contributed by atoms with Gasteiger partial charge in [0.15, 0.2) is 0 Å². The maximum absolute atomic E-state index is 13.0. The monoisotopic (exact) mass is 322 g/mol. The molecule has 1 aliphatic rings. The zero-order valence-corrected chi connectivity index (χ0v) is 13.0. The van der Waals surface area contributed by atoms with E-state index in [0.717, 1.165) is 22.5 Å². The van der Waals surface area contributed by atoms with Crippen molar-refractivity contribution in [1.29, 1.82) is 0 Å². The average molecular weight is 322 g/mol. The molecule has 2 N–H and O–H groups in total. The van der Waals surface area contributed by atoms with E-state index in [0.29, 0.717) is 17.8 Å². The molecular formula is C18H15FN4O. The Kier molecular flexibility index (Phi) is 3.37. The van der Waals surface area contributed by atoms with Crippen LogP contribution in [0.1, 0.15) is 28.9 Å². The van der Waals surface area contributed by atoms with Crippen LogP contribution in [0.3, 0.4) is 0 Å². The number of H-pyrrole nitrogens is 1. The Balaban J connectivity index is 1.75. The van der Waals surface area contributed by atoms with Crippen LogP contribution in [0.15, 0.2) is 42.7 Å². The molecule has 5 nitrogen and oxygen atoms in total. The molecule has 0 bridgehead atoms. The van der Waals surface area contributed by atoms with Crippen molar-refractivity contribution >= 4 is 5.91 Å². The number of rotatable bonds is 2. The third-order valence-electron chi connectivity index (χ3n) is 4.25. The van der Waals surface area contributed by atoms with Gasteiger partial charge in [0.2, 0.25) is 5.95 Å². The number of nitrogens with one attached hydrogen (secondary N) is 2. The molecule has 0 aromatic carbocycles. The van der Waals surface area contributed by atoms with Crippen LogP contribution < -0.4 is 5.32 Å². The maximum atomic E-state index is 13.0. The second-order valence-electron chi connectivity index (χ2n) is 5.92. The standard InChI is InChI=1S/C18H15FN4O/c1-10-8-22-18(24)13-7-15(23-17(10)13)11-4-5-20-14(6-11)12-2-3-16(19)21-9-12/h2-7,9-10,23H,8H2,1H3,(H,22,24). The predicted octanol–water partition coefficient (Wildman–Crippen LogP) is 3.12. The van der Waals surface area contributed by atoms with Crippen LogP contribution >= 0.6 is 0 Å². The van der Waals surface area contributed by atoms with Crippen LogP contribution in [-0.4, -0.2) is 27.4 Å². The topological polar surface area (TPSA) is 70.7 Å². The minimum absolute atomic E-state index is 0.0531. The van der Waals surface area contributed by atoms with Crippen molar-refractivity contribution < 1.29 is 9.18 Å². The molecule has 0 fully saturated rings. The second-order valence-corrected chi connectivity index (χ2v) is 5.92. The summed E-state index contributed by atoms with van der Waals surface area (Å²) in [5, 5.41) is 2.88. The first-order valence-electron chi connectivity index (χ1n) is 7.71. The molecule has 0 radical (unpaired) electrons. The lowest BCUT2D eigenvalue weighted by molar-refractivity contribution is 0.0941. The minimum Gasteiger partial charge on any atom is -0.357 e. The average Bonchev–Trinajstić information content (AvgIpc) is 3.06. The van der Waals surface area contributed by atoms with Gasteiger partial charge in [-0.1, -0.05) is 6.92 Å². The number of pyridine rings is 2. The van der Waals surface area contributed by atoms with E-state index in [1.807, 2.05) is 18.2 Å². The Morgan fingerprint density at radius 2 is 2.04 bits per heavy atom. The molecule has 1 atom stereocenters. The van der Waals surface area contributed by atoms with Crippen LogP contribution in [0.2, 0.25) is 0 Å². The van der Waals surface area contributed by atoms with Gasteiger partial charge in [0.1, 0.15) is 0 Å². The number of aromatic nitrogens is 3. The van der Waals surface area contributed by atoms with Crippen LogP contribution in [0, 0.1) is 5.95 Å². The highest BCUT2D eigenvalue weighted by molar-refractivity contribution is 5.98. The van der Waals surface area contributed by atoms with E-state index in [1.54, 1.807) is 12.3 Å². The number of fused-ring (bicyclic) bond motifs is 1. The summed E-state index contributed by atoms with van der Waals surface area (Å²) in [7, 11) is 0. The number of halogens is 1. The molecule has 6 heteroatoms. The molecule has 1 unspecified atom stereocenters. The summed E-state index contributed by atoms with van der Waals surface area (Å²) in [6.45, 7) is 2.70. The van der Waals surface area contributed by atoms with Gasteiger partial charge in [-0.2, -0.15) is 4.39 Å². The van der Waals surface area contributed by atoms with Crippen molar-refractivity contribution in [2.75, 3.05) is 6.54 Å². The molecule has 0 aliphatic carbocycles. The fourth-order valence-electron chi connectivity index (χ4n) is 2.93. The maximum Gasteiger partial charge on any atom is 0.253 e. The Hall–Kier alpha value is -3.02. The summed E-state index contributed by atoms with van der Waals surface area (Å²) in [5.74, 6) is -0.330. The summed E-state index contributed by atoms with van der Waals surface area (Å²) in [6, 6.07) is 8.59. The lowest BCUT2D eigenvalue weighted by Gasteiger charge is -2.18.